The molecule has 0 radical (unpaired) electrons. The number of carbonyl (C=O) groups excluding carboxylic acids is 2. The van der Waals surface area contributed by atoms with Crippen LogP contribution in [0.25, 0.3) is 0 Å². The van der Waals surface area contributed by atoms with Crippen molar-refractivity contribution in [3.8, 4) is 0 Å². The van der Waals surface area contributed by atoms with Crippen molar-refractivity contribution < 1.29 is 24.2 Å². The van der Waals surface area contributed by atoms with Crippen molar-refractivity contribution in [2.24, 2.45) is 0 Å². The van der Waals surface area contributed by atoms with E-state index in [1.807, 2.05) is 30.3 Å². The predicted molar refractivity (Wildman–Crippen MR) is 72.8 cm³/mol. The van der Waals surface area contributed by atoms with Crippen LogP contribution in [0.15, 0.2) is 30.3 Å². The Bertz CT molecular complexity index is 453. The van der Waals surface area contributed by atoms with Crippen molar-refractivity contribution in [3.63, 3.8) is 0 Å². The number of aliphatic hydroxyl groups is 1. The van der Waals surface area contributed by atoms with E-state index >= 15 is 0 Å². The first kappa shape index (κ1) is 16.2. The van der Waals surface area contributed by atoms with E-state index in [-0.39, 0.29) is 13.0 Å². The summed E-state index contributed by atoms with van der Waals surface area (Å²) in [5.41, 5.74) is -0.493. The van der Waals surface area contributed by atoms with E-state index in [0.29, 0.717) is 0 Å². The first-order valence-corrected chi connectivity index (χ1v) is 6.38. The maximum absolute atomic E-state index is 11.2. The fraction of sp³-hybridized carbons (Fsp3) is 0.467. The van der Waals surface area contributed by atoms with Gasteiger partial charge in [0.2, 0.25) is 0 Å². The van der Waals surface area contributed by atoms with Gasteiger partial charge in [-0.25, -0.2) is 0 Å². The number of ether oxygens (including phenoxy) is 2. The van der Waals surface area contributed by atoms with Crippen LogP contribution in [-0.4, -0.2) is 29.3 Å². The van der Waals surface area contributed by atoms with Crippen molar-refractivity contribution in [1.82, 2.24) is 0 Å². The van der Waals surface area contributed by atoms with E-state index in [0.717, 1.165) is 5.56 Å². The van der Waals surface area contributed by atoms with Crippen molar-refractivity contribution in [2.45, 2.75) is 38.9 Å². The Hall–Kier alpha value is -1.88. The molecule has 0 heterocycles. The zero-order valence-corrected chi connectivity index (χ0v) is 12.0. The lowest BCUT2D eigenvalue weighted by Crippen LogP contribution is -2.34. The van der Waals surface area contributed by atoms with Crippen LogP contribution in [0, 0.1) is 0 Å². The molecule has 0 amide bonds. The summed E-state index contributed by atoms with van der Waals surface area (Å²) in [6, 6.07) is 9.13. The molecule has 0 saturated carbocycles. The summed E-state index contributed by atoms with van der Waals surface area (Å²) in [4.78, 5) is 22.0. The van der Waals surface area contributed by atoms with Gasteiger partial charge in [0, 0.05) is 20.3 Å². The Labute approximate surface area is 118 Å². The second-order valence-corrected chi connectivity index (χ2v) is 4.99. The maximum atomic E-state index is 11.2. The number of esters is 2. The van der Waals surface area contributed by atoms with Gasteiger partial charge in [0.1, 0.15) is 12.7 Å². The van der Waals surface area contributed by atoms with E-state index in [9.17, 15) is 14.7 Å². The fourth-order valence-corrected chi connectivity index (χ4v) is 1.81. The molecule has 0 fully saturated rings. The van der Waals surface area contributed by atoms with E-state index < -0.39 is 23.6 Å². The number of carbonyl (C=O) groups is 2. The summed E-state index contributed by atoms with van der Waals surface area (Å²) in [6.45, 7) is 3.98. The smallest absolute Gasteiger partial charge is 0.303 e. The second-order valence-electron chi connectivity index (χ2n) is 4.99. The highest BCUT2D eigenvalue weighted by Gasteiger charge is 2.29. The summed E-state index contributed by atoms with van der Waals surface area (Å²) in [5, 5.41) is 10.2. The molecule has 20 heavy (non-hydrogen) atoms. The van der Waals surface area contributed by atoms with Crippen molar-refractivity contribution in [1.29, 1.82) is 0 Å². The van der Waals surface area contributed by atoms with Crippen LogP contribution in [0.3, 0.4) is 0 Å². The molecular weight excluding hydrogens is 260 g/mol. The topological polar surface area (TPSA) is 72.8 Å². The molecule has 1 rings (SSSR count). The first-order chi connectivity index (χ1) is 9.30. The summed E-state index contributed by atoms with van der Waals surface area (Å²) >= 11 is 0. The number of hydrogen-bond acceptors (Lipinski definition) is 5. The molecule has 0 aliphatic rings. The van der Waals surface area contributed by atoms with E-state index in [1.54, 1.807) is 0 Å². The minimum absolute atomic E-state index is 0.143. The van der Waals surface area contributed by atoms with Crippen LogP contribution in [-0.2, 0) is 19.1 Å². The largest absolute Gasteiger partial charge is 0.463 e. The van der Waals surface area contributed by atoms with Crippen LogP contribution in [0.2, 0.25) is 0 Å². The molecule has 0 bridgehead atoms. The van der Waals surface area contributed by atoms with Gasteiger partial charge < -0.3 is 14.6 Å². The normalized spacial score (nSPS) is 15.0. The monoisotopic (exact) mass is 280 g/mol. The third kappa shape index (κ3) is 5.84. The van der Waals surface area contributed by atoms with Gasteiger partial charge in [-0.15, -0.1) is 0 Å². The molecule has 5 heteroatoms. The average Bonchev–Trinajstić information content (AvgIpc) is 2.36. The Morgan fingerprint density at radius 1 is 1.20 bits per heavy atom. The van der Waals surface area contributed by atoms with Gasteiger partial charge >= 0.3 is 11.9 Å². The standard InChI is InChI=1S/C15H20O5/c1-11(16)19-10-15(3,18)9-14(20-12(2)17)13-7-5-4-6-8-13/h4-8,14,18H,9-10H2,1-3H3/t14-,15+/m0/s1. The molecule has 0 aromatic heterocycles. The van der Waals surface area contributed by atoms with Gasteiger partial charge in [-0.2, -0.15) is 0 Å². The third-order valence-electron chi connectivity index (χ3n) is 2.69. The van der Waals surface area contributed by atoms with Gasteiger partial charge in [0.25, 0.3) is 0 Å². The molecule has 0 spiro atoms. The molecule has 0 saturated heterocycles. The predicted octanol–water partition coefficient (Wildman–Crippen LogP) is 1.99. The quantitative estimate of drug-likeness (QED) is 0.807. The minimum Gasteiger partial charge on any atom is -0.463 e. The lowest BCUT2D eigenvalue weighted by molar-refractivity contribution is -0.157. The molecule has 1 aromatic carbocycles. The molecule has 0 aliphatic heterocycles. The minimum atomic E-state index is -1.28. The zero-order valence-electron chi connectivity index (χ0n) is 12.0. The van der Waals surface area contributed by atoms with Crippen molar-refractivity contribution in [2.75, 3.05) is 6.61 Å². The van der Waals surface area contributed by atoms with Gasteiger partial charge in [-0.05, 0) is 12.5 Å². The molecule has 1 N–H and O–H groups in total. The number of rotatable bonds is 6. The van der Waals surface area contributed by atoms with Crippen LogP contribution in [0.1, 0.15) is 38.9 Å². The Morgan fingerprint density at radius 3 is 2.30 bits per heavy atom. The Balaban J connectivity index is 2.79. The average molecular weight is 280 g/mol. The van der Waals surface area contributed by atoms with Crippen LogP contribution < -0.4 is 0 Å². The fourth-order valence-electron chi connectivity index (χ4n) is 1.81. The summed E-state index contributed by atoms with van der Waals surface area (Å²) in [7, 11) is 0. The first-order valence-electron chi connectivity index (χ1n) is 6.38. The number of hydrogen-bond donors (Lipinski definition) is 1. The van der Waals surface area contributed by atoms with Crippen molar-refractivity contribution >= 4 is 11.9 Å². The molecule has 2 atom stereocenters. The summed E-state index contributed by atoms with van der Waals surface area (Å²) < 4.78 is 10.1. The highest BCUT2D eigenvalue weighted by molar-refractivity contribution is 5.66. The molecule has 1 aromatic rings. The lowest BCUT2D eigenvalue weighted by Gasteiger charge is -2.27. The molecule has 0 aliphatic carbocycles. The lowest BCUT2D eigenvalue weighted by atomic mass is 9.95. The SMILES string of the molecule is CC(=O)OC[C@](C)(O)C[C@H](OC(C)=O)c1ccccc1. The molecule has 5 nitrogen and oxygen atoms in total. The van der Waals surface area contributed by atoms with Crippen LogP contribution in [0.5, 0.6) is 0 Å². The van der Waals surface area contributed by atoms with E-state index in [2.05, 4.69) is 0 Å². The Kier molecular flexibility index (Phi) is 5.70. The second kappa shape index (κ2) is 7.05. The van der Waals surface area contributed by atoms with E-state index in [1.165, 1.54) is 20.8 Å². The van der Waals surface area contributed by atoms with Gasteiger partial charge in [0.15, 0.2) is 0 Å². The van der Waals surface area contributed by atoms with Gasteiger partial charge in [-0.3, -0.25) is 9.59 Å². The highest BCUT2D eigenvalue weighted by atomic mass is 16.6. The summed E-state index contributed by atoms with van der Waals surface area (Å²) in [5.74, 6) is -0.892. The highest BCUT2D eigenvalue weighted by Crippen LogP contribution is 2.27. The zero-order chi connectivity index (χ0) is 15.2. The third-order valence-corrected chi connectivity index (χ3v) is 2.69. The van der Waals surface area contributed by atoms with Gasteiger partial charge in [0.05, 0.1) is 5.60 Å². The van der Waals surface area contributed by atoms with E-state index in [4.69, 9.17) is 9.47 Å². The maximum Gasteiger partial charge on any atom is 0.303 e. The molecule has 0 unspecified atom stereocenters. The van der Waals surface area contributed by atoms with Crippen LogP contribution >= 0.6 is 0 Å². The number of benzene rings is 1. The van der Waals surface area contributed by atoms with Gasteiger partial charge in [-0.1, -0.05) is 30.3 Å². The molecule has 110 valence electrons. The molecular formula is C15H20O5. The van der Waals surface area contributed by atoms with Crippen molar-refractivity contribution in [3.05, 3.63) is 35.9 Å². The Morgan fingerprint density at radius 2 is 1.80 bits per heavy atom. The summed E-state index contributed by atoms with van der Waals surface area (Å²) in [6.07, 6.45) is -0.441. The van der Waals surface area contributed by atoms with Crippen LogP contribution in [0.4, 0.5) is 0 Å².